The molecule has 0 spiro atoms. The molecule has 0 aromatic heterocycles. The molecule has 1 atom stereocenters. The van der Waals surface area contributed by atoms with E-state index in [4.69, 9.17) is 9.47 Å². The molecule has 0 N–H and O–H groups in total. The van der Waals surface area contributed by atoms with Gasteiger partial charge in [-0.2, -0.15) is 0 Å². The molecule has 0 bridgehead atoms. The molecule has 3 heteroatoms. The molecule has 89 valence electrons. The molecule has 0 fully saturated rings. The van der Waals surface area contributed by atoms with Crippen molar-refractivity contribution in [1.29, 1.82) is 0 Å². The molecule has 0 heterocycles. The Morgan fingerprint density at radius 2 is 2.07 bits per heavy atom. The highest BCUT2D eigenvalue weighted by Gasteiger charge is 2.16. The number of carbonyl (C=O) groups is 1. The summed E-state index contributed by atoms with van der Waals surface area (Å²) in [5.74, 6) is -0.0247. The molecule has 0 aromatic rings. The van der Waals surface area contributed by atoms with E-state index in [1.54, 1.807) is 0 Å². The maximum Gasteiger partial charge on any atom is 0.308 e. The number of hydrogen-bond acceptors (Lipinski definition) is 3. The molecule has 0 rings (SSSR count). The van der Waals surface area contributed by atoms with Gasteiger partial charge < -0.3 is 9.47 Å². The van der Waals surface area contributed by atoms with Gasteiger partial charge in [0.1, 0.15) is 6.61 Å². The van der Waals surface area contributed by atoms with Crippen molar-refractivity contribution in [3.05, 3.63) is 6.92 Å². The SMILES string of the molecule is [CH2]COCCOC(=O)C(CC)CCCC. The topological polar surface area (TPSA) is 35.5 Å². The molecule has 0 amide bonds. The number of rotatable bonds is 9. The number of carbonyl (C=O) groups excluding carboxylic acids is 1. The second kappa shape index (κ2) is 9.97. The van der Waals surface area contributed by atoms with E-state index in [9.17, 15) is 4.79 Å². The van der Waals surface area contributed by atoms with Crippen molar-refractivity contribution in [3.8, 4) is 0 Å². The van der Waals surface area contributed by atoms with E-state index in [2.05, 4.69) is 13.8 Å². The van der Waals surface area contributed by atoms with Gasteiger partial charge in [-0.25, -0.2) is 0 Å². The molecule has 15 heavy (non-hydrogen) atoms. The van der Waals surface area contributed by atoms with E-state index in [-0.39, 0.29) is 11.9 Å². The summed E-state index contributed by atoms with van der Waals surface area (Å²) in [5.41, 5.74) is 0. The van der Waals surface area contributed by atoms with Crippen molar-refractivity contribution < 1.29 is 14.3 Å². The van der Waals surface area contributed by atoms with Crippen molar-refractivity contribution in [2.45, 2.75) is 39.5 Å². The first-order valence-corrected chi connectivity index (χ1v) is 5.79. The highest BCUT2D eigenvalue weighted by molar-refractivity contribution is 5.72. The first-order valence-electron chi connectivity index (χ1n) is 5.79. The smallest absolute Gasteiger partial charge is 0.308 e. The van der Waals surface area contributed by atoms with Crippen LogP contribution in [0.3, 0.4) is 0 Å². The first kappa shape index (κ1) is 14.4. The van der Waals surface area contributed by atoms with Gasteiger partial charge in [0.15, 0.2) is 0 Å². The zero-order valence-corrected chi connectivity index (χ0v) is 9.96. The third-order valence-corrected chi connectivity index (χ3v) is 2.35. The van der Waals surface area contributed by atoms with E-state index in [0.717, 1.165) is 25.7 Å². The minimum atomic E-state index is -0.0846. The minimum Gasteiger partial charge on any atom is -0.463 e. The fourth-order valence-corrected chi connectivity index (χ4v) is 1.36. The molecule has 1 radical (unpaired) electrons. The van der Waals surface area contributed by atoms with Gasteiger partial charge in [0, 0.05) is 6.61 Å². The lowest BCUT2D eigenvalue weighted by Crippen LogP contribution is -2.19. The molecular formula is C12H23O3. The second-order valence-corrected chi connectivity index (χ2v) is 3.53. The van der Waals surface area contributed by atoms with Crippen molar-refractivity contribution >= 4 is 5.97 Å². The number of esters is 1. The Balaban J connectivity index is 3.63. The van der Waals surface area contributed by atoms with E-state index < -0.39 is 0 Å². The normalized spacial score (nSPS) is 12.5. The average molecular weight is 215 g/mol. The number of hydrogen-bond donors (Lipinski definition) is 0. The van der Waals surface area contributed by atoms with Crippen LogP contribution in [0, 0.1) is 12.8 Å². The summed E-state index contributed by atoms with van der Waals surface area (Å²) >= 11 is 0. The van der Waals surface area contributed by atoms with Gasteiger partial charge in [-0.15, -0.1) is 0 Å². The number of ether oxygens (including phenoxy) is 2. The van der Waals surface area contributed by atoms with Crippen LogP contribution in [0.25, 0.3) is 0 Å². The van der Waals surface area contributed by atoms with Crippen LogP contribution in [0.15, 0.2) is 0 Å². The molecule has 0 aliphatic heterocycles. The van der Waals surface area contributed by atoms with Gasteiger partial charge in [0.05, 0.1) is 12.5 Å². The van der Waals surface area contributed by atoms with Gasteiger partial charge in [0.25, 0.3) is 0 Å². The zero-order valence-electron chi connectivity index (χ0n) is 9.96. The maximum atomic E-state index is 11.5. The fourth-order valence-electron chi connectivity index (χ4n) is 1.36. The van der Waals surface area contributed by atoms with Crippen LogP contribution in [0.2, 0.25) is 0 Å². The third kappa shape index (κ3) is 7.37. The quantitative estimate of drug-likeness (QED) is 0.438. The maximum absolute atomic E-state index is 11.5. The van der Waals surface area contributed by atoms with E-state index >= 15 is 0 Å². The standard InChI is InChI=1S/C12H23O3/c1-4-7-8-11(5-2)12(13)15-10-9-14-6-3/h11H,3-10H2,1-2H3. The summed E-state index contributed by atoms with van der Waals surface area (Å²) in [6, 6.07) is 0. The summed E-state index contributed by atoms with van der Waals surface area (Å²) in [6.45, 7) is 8.89. The Kier molecular flexibility index (Phi) is 9.59. The van der Waals surface area contributed by atoms with E-state index in [1.807, 2.05) is 6.92 Å². The predicted molar refractivity (Wildman–Crippen MR) is 60.4 cm³/mol. The molecule has 0 aromatic carbocycles. The van der Waals surface area contributed by atoms with Crippen molar-refractivity contribution in [2.75, 3.05) is 19.8 Å². The lowest BCUT2D eigenvalue weighted by molar-refractivity contribution is -0.150. The summed E-state index contributed by atoms with van der Waals surface area (Å²) < 4.78 is 10.1. The van der Waals surface area contributed by atoms with Crippen LogP contribution in [0.4, 0.5) is 0 Å². The van der Waals surface area contributed by atoms with Crippen LogP contribution >= 0.6 is 0 Å². The molecule has 0 saturated carbocycles. The fraction of sp³-hybridized carbons (Fsp3) is 0.833. The van der Waals surface area contributed by atoms with Crippen LogP contribution in [0.5, 0.6) is 0 Å². The lowest BCUT2D eigenvalue weighted by Gasteiger charge is -2.13. The molecule has 1 unspecified atom stereocenters. The first-order chi connectivity index (χ1) is 7.26. The lowest BCUT2D eigenvalue weighted by atomic mass is 10.00. The number of unbranched alkanes of at least 4 members (excludes halogenated alkanes) is 1. The monoisotopic (exact) mass is 215 g/mol. The van der Waals surface area contributed by atoms with Crippen LogP contribution in [-0.4, -0.2) is 25.8 Å². The average Bonchev–Trinajstić information content (AvgIpc) is 2.25. The van der Waals surface area contributed by atoms with Crippen LogP contribution < -0.4 is 0 Å². The Hall–Kier alpha value is -0.570. The highest BCUT2D eigenvalue weighted by atomic mass is 16.6. The largest absolute Gasteiger partial charge is 0.463 e. The van der Waals surface area contributed by atoms with E-state index in [0.29, 0.717) is 19.8 Å². The predicted octanol–water partition coefficient (Wildman–Crippen LogP) is 2.60. The minimum absolute atomic E-state index is 0.0599. The Morgan fingerprint density at radius 3 is 2.60 bits per heavy atom. The zero-order chi connectivity index (χ0) is 11.5. The summed E-state index contributed by atoms with van der Waals surface area (Å²) in [7, 11) is 0. The van der Waals surface area contributed by atoms with Gasteiger partial charge in [-0.05, 0) is 19.8 Å². The molecular weight excluding hydrogens is 192 g/mol. The van der Waals surface area contributed by atoms with Crippen molar-refractivity contribution in [2.24, 2.45) is 5.92 Å². The summed E-state index contributed by atoms with van der Waals surface area (Å²) in [5, 5.41) is 0. The third-order valence-electron chi connectivity index (χ3n) is 2.35. The van der Waals surface area contributed by atoms with Crippen molar-refractivity contribution in [1.82, 2.24) is 0 Å². The Bertz CT molecular complexity index is 157. The van der Waals surface area contributed by atoms with Crippen LogP contribution in [-0.2, 0) is 14.3 Å². The van der Waals surface area contributed by atoms with Gasteiger partial charge >= 0.3 is 5.97 Å². The summed E-state index contributed by atoms with van der Waals surface area (Å²) in [4.78, 5) is 11.5. The van der Waals surface area contributed by atoms with E-state index in [1.165, 1.54) is 0 Å². The van der Waals surface area contributed by atoms with Gasteiger partial charge in [-0.3, -0.25) is 4.79 Å². The highest BCUT2D eigenvalue weighted by Crippen LogP contribution is 2.14. The van der Waals surface area contributed by atoms with Gasteiger partial charge in [-0.1, -0.05) is 26.7 Å². The van der Waals surface area contributed by atoms with Crippen molar-refractivity contribution in [3.63, 3.8) is 0 Å². The van der Waals surface area contributed by atoms with Gasteiger partial charge in [0.2, 0.25) is 0 Å². The Labute approximate surface area is 93.1 Å². The van der Waals surface area contributed by atoms with Crippen LogP contribution in [0.1, 0.15) is 39.5 Å². The molecule has 0 aliphatic carbocycles. The summed E-state index contributed by atoms with van der Waals surface area (Å²) in [6.07, 6.45) is 3.99. The second-order valence-electron chi connectivity index (χ2n) is 3.53. The molecule has 3 nitrogen and oxygen atoms in total. The molecule has 0 aliphatic rings. The molecule has 0 saturated heterocycles. The Morgan fingerprint density at radius 1 is 1.33 bits per heavy atom.